The number of carbonyl (C=O) groups is 1. The Balaban J connectivity index is 0.00000289. The van der Waals surface area contributed by atoms with Crippen molar-refractivity contribution in [3.8, 4) is 28.7 Å². The van der Waals surface area contributed by atoms with Gasteiger partial charge in [0.05, 0.1) is 26.9 Å². The molecular formula is C24H31ClN2O5. The van der Waals surface area contributed by atoms with Crippen molar-refractivity contribution in [1.82, 2.24) is 4.90 Å². The first kappa shape index (κ1) is 24.0. The van der Waals surface area contributed by atoms with Crippen LogP contribution in [0.4, 0.5) is 0 Å². The van der Waals surface area contributed by atoms with Crippen LogP contribution in [0.15, 0.2) is 30.3 Å². The number of benzene rings is 2. The Kier molecular flexibility index (Phi) is 7.74. The Morgan fingerprint density at radius 3 is 2.25 bits per heavy atom. The van der Waals surface area contributed by atoms with Crippen LogP contribution in [-0.4, -0.2) is 51.3 Å². The van der Waals surface area contributed by atoms with Gasteiger partial charge < -0.3 is 29.6 Å². The number of carbonyl (C=O) groups excluding carboxylic acids is 1. The second-order valence-corrected chi connectivity index (χ2v) is 8.10. The zero-order valence-corrected chi connectivity index (χ0v) is 19.6. The molecule has 2 N–H and O–H groups in total. The molecule has 2 atom stereocenters. The highest BCUT2D eigenvalue weighted by Crippen LogP contribution is 2.49. The van der Waals surface area contributed by atoms with E-state index < -0.39 is 0 Å². The van der Waals surface area contributed by atoms with E-state index in [4.69, 9.17) is 24.7 Å². The summed E-state index contributed by atoms with van der Waals surface area (Å²) in [6.45, 7) is 1.38. The number of likely N-dealkylation sites (tertiary alicyclic amines) is 1. The number of piperidine rings is 1. The molecule has 1 heterocycles. The maximum atomic E-state index is 13.5. The van der Waals surface area contributed by atoms with Crippen LogP contribution in [0.3, 0.4) is 0 Å². The van der Waals surface area contributed by atoms with Crippen LogP contribution in [0.5, 0.6) is 28.7 Å². The van der Waals surface area contributed by atoms with Crippen LogP contribution in [0.1, 0.15) is 35.2 Å². The van der Waals surface area contributed by atoms with Crippen molar-refractivity contribution in [3.05, 3.63) is 41.5 Å². The third-order valence-electron chi connectivity index (χ3n) is 6.25. The topological polar surface area (TPSA) is 83.3 Å². The number of halogens is 1. The first-order valence-corrected chi connectivity index (χ1v) is 10.7. The summed E-state index contributed by atoms with van der Waals surface area (Å²) >= 11 is 0. The van der Waals surface area contributed by atoms with Crippen LogP contribution >= 0.6 is 12.4 Å². The van der Waals surface area contributed by atoms with E-state index in [1.54, 1.807) is 6.07 Å². The van der Waals surface area contributed by atoms with Gasteiger partial charge >= 0.3 is 0 Å². The van der Waals surface area contributed by atoms with Gasteiger partial charge in [-0.05, 0) is 55.8 Å². The number of amides is 1. The van der Waals surface area contributed by atoms with E-state index in [0.717, 1.165) is 31.4 Å². The quantitative estimate of drug-likeness (QED) is 0.637. The molecule has 1 aliphatic heterocycles. The molecule has 32 heavy (non-hydrogen) atoms. The van der Waals surface area contributed by atoms with E-state index in [0.29, 0.717) is 52.8 Å². The fourth-order valence-corrected chi connectivity index (χ4v) is 4.76. The van der Waals surface area contributed by atoms with Crippen molar-refractivity contribution in [1.29, 1.82) is 0 Å². The highest BCUT2D eigenvalue weighted by atomic mass is 35.5. The first-order chi connectivity index (χ1) is 15.1. The molecule has 174 valence electrons. The molecule has 4 rings (SSSR count). The van der Waals surface area contributed by atoms with Gasteiger partial charge in [0.15, 0.2) is 11.5 Å². The molecule has 1 aliphatic carbocycles. The van der Waals surface area contributed by atoms with E-state index in [1.807, 2.05) is 29.2 Å². The van der Waals surface area contributed by atoms with Gasteiger partial charge in [-0.25, -0.2) is 0 Å². The smallest absolute Gasteiger partial charge is 0.258 e. The van der Waals surface area contributed by atoms with E-state index >= 15 is 0 Å². The molecule has 1 amide bonds. The van der Waals surface area contributed by atoms with Gasteiger partial charge in [-0.3, -0.25) is 4.79 Å². The number of fused-ring (bicyclic) bond motifs is 2. The summed E-state index contributed by atoms with van der Waals surface area (Å²) in [6.07, 6.45) is 4.15. The maximum Gasteiger partial charge on any atom is 0.258 e. The fourth-order valence-electron chi connectivity index (χ4n) is 4.76. The number of hydrogen-bond acceptors (Lipinski definition) is 6. The van der Waals surface area contributed by atoms with E-state index in [-0.39, 0.29) is 18.3 Å². The summed E-state index contributed by atoms with van der Waals surface area (Å²) in [5.41, 5.74) is 7.18. The maximum absolute atomic E-state index is 13.5. The summed E-state index contributed by atoms with van der Waals surface area (Å²) in [7, 11) is 4.59. The molecule has 0 radical (unpaired) electrons. The fraction of sp³-hybridized carbons (Fsp3) is 0.458. The molecule has 2 aromatic carbocycles. The van der Waals surface area contributed by atoms with Crippen molar-refractivity contribution >= 4 is 18.3 Å². The minimum Gasteiger partial charge on any atom is -0.492 e. The van der Waals surface area contributed by atoms with Crippen molar-refractivity contribution in [2.45, 2.75) is 31.7 Å². The predicted octanol–water partition coefficient (Wildman–Crippen LogP) is 4.05. The van der Waals surface area contributed by atoms with Crippen molar-refractivity contribution in [2.75, 3.05) is 34.4 Å². The number of ether oxygens (including phenoxy) is 4. The second kappa shape index (κ2) is 10.3. The summed E-state index contributed by atoms with van der Waals surface area (Å²) in [4.78, 5) is 15.4. The lowest BCUT2D eigenvalue weighted by atomic mass is 10.1. The van der Waals surface area contributed by atoms with Crippen LogP contribution < -0.4 is 24.7 Å². The average molecular weight is 463 g/mol. The summed E-state index contributed by atoms with van der Waals surface area (Å²) < 4.78 is 22.9. The highest BCUT2D eigenvalue weighted by molar-refractivity contribution is 5.99. The lowest BCUT2D eigenvalue weighted by Crippen LogP contribution is -2.37. The Labute approximate surface area is 195 Å². The van der Waals surface area contributed by atoms with E-state index in [9.17, 15) is 4.79 Å². The SMILES string of the molecule is COc1c(Oc2ccc(CCN)cc2)cc(C(=O)N2C[C@H]3CC[C@H]2C3)c(OC)c1OC.Cl. The van der Waals surface area contributed by atoms with Gasteiger partial charge in [-0.15, -0.1) is 12.4 Å². The molecule has 2 fully saturated rings. The lowest BCUT2D eigenvalue weighted by Gasteiger charge is -2.28. The van der Waals surface area contributed by atoms with Gasteiger partial charge in [0.2, 0.25) is 11.5 Å². The third-order valence-corrected chi connectivity index (χ3v) is 6.25. The van der Waals surface area contributed by atoms with Gasteiger partial charge in [0, 0.05) is 18.7 Å². The molecule has 0 spiro atoms. The average Bonchev–Trinajstić information content (AvgIpc) is 3.43. The normalized spacial score (nSPS) is 18.8. The molecule has 0 aromatic heterocycles. The highest BCUT2D eigenvalue weighted by Gasteiger charge is 2.42. The Hall–Kier alpha value is -2.64. The van der Waals surface area contributed by atoms with Crippen molar-refractivity contribution < 1.29 is 23.7 Å². The Bertz CT molecular complexity index is 950. The minimum absolute atomic E-state index is 0. The van der Waals surface area contributed by atoms with Gasteiger partial charge in [0.1, 0.15) is 5.75 Å². The van der Waals surface area contributed by atoms with Crippen LogP contribution in [0.2, 0.25) is 0 Å². The molecule has 8 heteroatoms. The summed E-state index contributed by atoms with van der Waals surface area (Å²) in [6, 6.07) is 9.70. The Morgan fingerprint density at radius 2 is 1.72 bits per heavy atom. The Morgan fingerprint density at radius 1 is 1.03 bits per heavy atom. The molecule has 2 aromatic rings. The van der Waals surface area contributed by atoms with Crippen molar-refractivity contribution in [3.63, 3.8) is 0 Å². The van der Waals surface area contributed by atoms with E-state index in [2.05, 4.69) is 0 Å². The predicted molar refractivity (Wildman–Crippen MR) is 125 cm³/mol. The zero-order valence-electron chi connectivity index (χ0n) is 18.8. The van der Waals surface area contributed by atoms with Crippen molar-refractivity contribution in [2.24, 2.45) is 11.7 Å². The van der Waals surface area contributed by atoms with E-state index in [1.165, 1.54) is 27.8 Å². The molecule has 7 nitrogen and oxygen atoms in total. The van der Waals surface area contributed by atoms with Gasteiger partial charge in [-0.1, -0.05) is 12.1 Å². The second-order valence-electron chi connectivity index (χ2n) is 8.10. The third kappa shape index (κ3) is 4.45. The molecular weight excluding hydrogens is 432 g/mol. The largest absolute Gasteiger partial charge is 0.492 e. The minimum atomic E-state index is -0.0619. The van der Waals surface area contributed by atoms with Crippen LogP contribution in [0.25, 0.3) is 0 Å². The molecule has 1 saturated carbocycles. The number of rotatable bonds is 8. The number of nitrogens with two attached hydrogens (primary N) is 1. The van der Waals surface area contributed by atoms with Gasteiger partial charge in [0.25, 0.3) is 5.91 Å². The van der Waals surface area contributed by atoms with Gasteiger partial charge in [-0.2, -0.15) is 0 Å². The van der Waals surface area contributed by atoms with Crippen LogP contribution in [0, 0.1) is 5.92 Å². The summed E-state index contributed by atoms with van der Waals surface area (Å²) in [5.74, 6) is 2.65. The standard InChI is InChI=1S/C24H30N2O5.ClH/c1-28-21-19(24(27)26-14-16-4-7-17(26)12-16)13-20(22(29-2)23(21)30-3)31-18-8-5-15(6-9-18)10-11-25;/h5-6,8-9,13,16-17H,4,7,10-12,14,25H2,1-3H3;1H/t16-,17-;/m0./s1. The number of hydrogen-bond donors (Lipinski definition) is 1. The molecule has 1 saturated heterocycles. The number of methoxy groups -OCH3 is 3. The summed E-state index contributed by atoms with van der Waals surface area (Å²) in [5, 5.41) is 0. The lowest BCUT2D eigenvalue weighted by molar-refractivity contribution is 0.0699. The molecule has 2 bridgehead atoms. The monoisotopic (exact) mass is 462 g/mol. The van der Waals surface area contributed by atoms with Crippen LogP contribution in [-0.2, 0) is 6.42 Å². The zero-order chi connectivity index (χ0) is 22.0. The number of nitrogens with zero attached hydrogens (tertiary/aromatic N) is 1. The molecule has 0 unspecified atom stereocenters. The first-order valence-electron chi connectivity index (χ1n) is 10.7. The molecule has 2 aliphatic rings.